The van der Waals surface area contributed by atoms with Crippen LogP contribution in [0, 0.1) is 6.92 Å². The number of amides is 3. The summed E-state index contributed by atoms with van der Waals surface area (Å²) in [4.78, 5) is 42.3. The number of carbonyl (C=O) groups is 3. The van der Waals surface area contributed by atoms with Gasteiger partial charge in [0.15, 0.2) is 0 Å². The molecule has 0 saturated carbocycles. The first-order chi connectivity index (χ1) is 29.1. The monoisotopic (exact) mass is 843 g/mol. The molecule has 2 fully saturated rings. The Morgan fingerprint density at radius 3 is 1.56 bits per heavy atom. The Bertz CT molecular complexity index is 2280. The fourth-order valence-corrected chi connectivity index (χ4v) is 7.39. The average Bonchev–Trinajstić information content (AvgIpc) is 3.26. The van der Waals surface area contributed by atoms with Gasteiger partial charge in [-0.15, -0.1) is 0 Å². The van der Waals surface area contributed by atoms with Gasteiger partial charge in [-0.1, -0.05) is 54.1 Å². The van der Waals surface area contributed by atoms with Gasteiger partial charge in [0, 0.05) is 61.8 Å². The third-order valence-electron chi connectivity index (χ3n) is 10.9. The highest BCUT2D eigenvalue weighted by molar-refractivity contribution is 5.96. The Kier molecular flexibility index (Phi) is 12.7. The SMILES string of the molecule is Cc1ccc(C(=O)N2CCC(Oc3ccc(COc4ccc(-c5ccc(C(=O)N6CCC(NC(=O)c7cc(C(F)(F)F)cc(C(F)(F)F)c7)CC6)cc5)cc4)cc3)CC2)cc1. The van der Waals surface area contributed by atoms with Crippen molar-refractivity contribution in [3.05, 3.63) is 154 Å². The number of carbonyl (C=O) groups excluding carboxylic acids is 3. The van der Waals surface area contributed by atoms with Crippen LogP contribution in [0.5, 0.6) is 11.5 Å². The van der Waals surface area contributed by atoms with E-state index in [-0.39, 0.29) is 49.9 Å². The van der Waals surface area contributed by atoms with Crippen molar-refractivity contribution in [3.63, 3.8) is 0 Å². The van der Waals surface area contributed by atoms with E-state index in [1.807, 2.05) is 96.8 Å². The Balaban J connectivity index is 0.841. The van der Waals surface area contributed by atoms with Crippen LogP contribution >= 0.6 is 0 Å². The zero-order valence-corrected chi connectivity index (χ0v) is 33.2. The highest BCUT2D eigenvalue weighted by Gasteiger charge is 2.38. The Labute approximate surface area is 349 Å². The first kappa shape index (κ1) is 42.8. The fraction of sp³-hybridized carbons (Fsp3) is 0.298. The van der Waals surface area contributed by atoms with Crippen molar-refractivity contribution < 1.29 is 50.2 Å². The molecule has 0 radical (unpaired) electrons. The molecule has 2 aliphatic rings. The van der Waals surface area contributed by atoms with Crippen LogP contribution < -0.4 is 14.8 Å². The van der Waals surface area contributed by atoms with Crippen LogP contribution in [0.25, 0.3) is 11.1 Å². The molecule has 0 atom stereocenters. The molecule has 2 aliphatic heterocycles. The Morgan fingerprint density at radius 1 is 0.590 bits per heavy atom. The average molecular weight is 844 g/mol. The molecule has 7 rings (SSSR count). The van der Waals surface area contributed by atoms with Crippen molar-refractivity contribution in [2.75, 3.05) is 26.2 Å². The molecule has 1 N–H and O–H groups in total. The van der Waals surface area contributed by atoms with Gasteiger partial charge in [0.25, 0.3) is 17.7 Å². The van der Waals surface area contributed by atoms with Gasteiger partial charge in [0.2, 0.25) is 0 Å². The molecule has 14 heteroatoms. The minimum absolute atomic E-state index is 0.0238. The summed E-state index contributed by atoms with van der Waals surface area (Å²) in [5.41, 5.74) is 1.17. The van der Waals surface area contributed by atoms with Gasteiger partial charge in [-0.2, -0.15) is 26.3 Å². The summed E-state index contributed by atoms with van der Waals surface area (Å²) in [5.74, 6) is 0.216. The summed E-state index contributed by atoms with van der Waals surface area (Å²) in [6.07, 6.45) is -8.04. The molecule has 3 amide bonds. The van der Waals surface area contributed by atoms with Gasteiger partial charge in [-0.05, 0) is 103 Å². The second-order valence-electron chi connectivity index (χ2n) is 15.3. The molecule has 0 aromatic heterocycles. The first-order valence-corrected chi connectivity index (χ1v) is 19.9. The first-order valence-electron chi connectivity index (χ1n) is 19.9. The number of alkyl halides is 6. The van der Waals surface area contributed by atoms with Gasteiger partial charge in [0.05, 0.1) is 11.1 Å². The molecule has 61 heavy (non-hydrogen) atoms. The van der Waals surface area contributed by atoms with Gasteiger partial charge in [0.1, 0.15) is 24.2 Å². The number of rotatable bonds is 10. The zero-order valence-electron chi connectivity index (χ0n) is 33.2. The molecule has 8 nitrogen and oxygen atoms in total. The number of hydrogen-bond donors (Lipinski definition) is 1. The van der Waals surface area contributed by atoms with Crippen molar-refractivity contribution in [1.29, 1.82) is 0 Å². The molecule has 0 unspecified atom stereocenters. The Hall–Kier alpha value is -6.31. The molecule has 5 aromatic rings. The number of likely N-dealkylation sites (tertiary alicyclic amines) is 2. The third-order valence-corrected chi connectivity index (χ3v) is 10.9. The summed E-state index contributed by atoms with van der Waals surface area (Å²) >= 11 is 0. The van der Waals surface area contributed by atoms with Crippen molar-refractivity contribution >= 4 is 17.7 Å². The number of nitrogens with one attached hydrogen (secondary N) is 1. The zero-order chi connectivity index (χ0) is 43.3. The van der Waals surface area contributed by atoms with E-state index < -0.39 is 41.0 Å². The van der Waals surface area contributed by atoms with Crippen LogP contribution in [0.1, 0.15) is 79.0 Å². The van der Waals surface area contributed by atoms with Crippen LogP contribution in [-0.2, 0) is 19.0 Å². The number of nitrogens with zero attached hydrogens (tertiary/aromatic N) is 2. The predicted octanol–water partition coefficient (Wildman–Crippen LogP) is 10.00. The molecule has 0 spiro atoms. The number of benzene rings is 5. The number of halogens is 6. The maximum atomic E-state index is 13.3. The molecular formula is C47H43F6N3O5. The van der Waals surface area contributed by atoms with E-state index in [2.05, 4.69) is 5.32 Å². The molecule has 0 aliphatic carbocycles. The van der Waals surface area contributed by atoms with E-state index in [9.17, 15) is 40.7 Å². The van der Waals surface area contributed by atoms with E-state index in [0.29, 0.717) is 48.7 Å². The lowest BCUT2D eigenvalue weighted by Gasteiger charge is -2.32. The molecule has 0 bridgehead atoms. The predicted molar refractivity (Wildman–Crippen MR) is 216 cm³/mol. The number of hydrogen-bond acceptors (Lipinski definition) is 5. The van der Waals surface area contributed by atoms with E-state index in [1.54, 1.807) is 17.0 Å². The summed E-state index contributed by atoms with van der Waals surface area (Å²) in [7, 11) is 0. The normalized spacial score (nSPS) is 15.3. The number of ether oxygens (including phenoxy) is 2. The van der Waals surface area contributed by atoms with Gasteiger partial charge >= 0.3 is 12.4 Å². The minimum atomic E-state index is -5.07. The second-order valence-corrected chi connectivity index (χ2v) is 15.3. The van der Waals surface area contributed by atoms with Crippen LogP contribution in [0.4, 0.5) is 26.3 Å². The lowest BCUT2D eigenvalue weighted by molar-refractivity contribution is -0.143. The summed E-state index contributed by atoms with van der Waals surface area (Å²) < 4.78 is 91.8. The van der Waals surface area contributed by atoms with Gasteiger partial charge in [-0.3, -0.25) is 14.4 Å². The number of piperidine rings is 2. The van der Waals surface area contributed by atoms with Crippen LogP contribution in [0.15, 0.2) is 115 Å². The quantitative estimate of drug-likeness (QED) is 0.142. The molecule has 5 aromatic carbocycles. The molecule has 2 saturated heterocycles. The number of aryl methyl sites for hydroxylation is 1. The van der Waals surface area contributed by atoms with Gasteiger partial charge in [-0.25, -0.2) is 0 Å². The van der Waals surface area contributed by atoms with Crippen LogP contribution in [0.3, 0.4) is 0 Å². The van der Waals surface area contributed by atoms with E-state index in [1.165, 1.54) is 0 Å². The maximum absolute atomic E-state index is 13.3. The van der Waals surface area contributed by atoms with E-state index >= 15 is 0 Å². The lowest BCUT2D eigenvalue weighted by atomic mass is 10.0. The third kappa shape index (κ3) is 10.9. The van der Waals surface area contributed by atoms with Crippen molar-refractivity contribution in [1.82, 2.24) is 15.1 Å². The smallest absolute Gasteiger partial charge is 0.416 e. The maximum Gasteiger partial charge on any atom is 0.416 e. The van der Waals surface area contributed by atoms with Gasteiger partial charge < -0.3 is 24.6 Å². The van der Waals surface area contributed by atoms with Crippen LogP contribution in [0.2, 0.25) is 0 Å². The topological polar surface area (TPSA) is 88.2 Å². The lowest BCUT2D eigenvalue weighted by Crippen LogP contribution is -2.46. The fourth-order valence-electron chi connectivity index (χ4n) is 7.39. The molecule has 318 valence electrons. The van der Waals surface area contributed by atoms with Crippen molar-refractivity contribution in [3.8, 4) is 22.6 Å². The van der Waals surface area contributed by atoms with E-state index in [0.717, 1.165) is 40.8 Å². The molecule has 2 heterocycles. The highest BCUT2D eigenvalue weighted by atomic mass is 19.4. The van der Waals surface area contributed by atoms with E-state index in [4.69, 9.17) is 9.47 Å². The van der Waals surface area contributed by atoms with Crippen molar-refractivity contribution in [2.24, 2.45) is 0 Å². The van der Waals surface area contributed by atoms with Crippen molar-refractivity contribution in [2.45, 2.75) is 63.7 Å². The Morgan fingerprint density at radius 2 is 1.05 bits per heavy atom. The minimum Gasteiger partial charge on any atom is -0.490 e. The largest absolute Gasteiger partial charge is 0.490 e. The highest BCUT2D eigenvalue weighted by Crippen LogP contribution is 2.36. The summed E-state index contributed by atoms with van der Waals surface area (Å²) in [5, 5.41) is 2.53. The summed E-state index contributed by atoms with van der Waals surface area (Å²) in [6, 6.07) is 30.3. The summed E-state index contributed by atoms with van der Waals surface area (Å²) in [6.45, 7) is 4.12. The second kappa shape index (κ2) is 18.1. The van der Waals surface area contributed by atoms with Crippen LogP contribution in [-0.4, -0.2) is 65.8 Å². The molecular weight excluding hydrogens is 801 g/mol. The standard InChI is InChI=1S/C47H43F6N3O5/c1-30-2-6-34(7-3-30)44(58)56-24-20-42(21-25-56)61-41-14-4-31(5-15-41)29-60-40-16-12-33(13-17-40)32-8-10-35(11-9-32)45(59)55-22-18-39(19-23-55)54-43(57)36-26-37(46(48,49)50)28-38(27-36)47(51,52)53/h2-17,26-28,39,42H,18-25,29H2,1H3,(H,54,57).